The highest BCUT2D eigenvalue weighted by Gasteiger charge is 2.10. The minimum atomic E-state index is -0.606. The Bertz CT molecular complexity index is 619. The summed E-state index contributed by atoms with van der Waals surface area (Å²) in [7, 11) is 0. The molecule has 2 unspecified atom stereocenters. The molecule has 0 fully saturated rings. The number of nitrogen functional groups attached to an aromatic ring is 2. The lowest BCUT2D eigenvalue weighted by Gasteiger charge is -2.18. The maximum absolute atomic E-state index is 10.0. The number of aliphatic hydroxyl groups excluding tert-OH is 1. The molecule has 2 rings (SSSR count). The largest absolute Gasteiger partial charge is 0.489 e. The molecule has 0 heterocycles. The van der Waals surface area contributed by atoms with Crippen molar-refractivity contribution in [3.8, 4) is 5.75 Å². The fourth-order valence-electron chi connectivity index (χ4n) is 2.40. The van der Waals surface area contributed by atoms with E-state index in [9.17, 15) is 5.11 Å². The molecule has 0 bridgehead atoms. The lowest BCUT2D eigenvalue weighted by molar-refractivity contribution is 0.104. The van der Waals surface area contributed by atoms with Gasteiger partial charge in [0, 0.05) is 12.6 Å². The molecule has 5 heteroatoms. The SMILES string of the molecule is CC(CCc1ccccc1)NCC(O)COc1cccc(N)c1N. The molecule has 2 atom stereocenters. The molecule has 0 saturated heterocycles. The second-order valence-corrected chi connectivity index (χ2v) is 6.06. The summed E-state index contributed by atoms with van der Waals surface area (Å²) in [5, 5.41) is 13.4. The molecule has 2 aromatic carbocycles. The van der Waals surface area contributed by atoms with E-state index in [2.05, 4.69) is 36.5 Å². The molecule has 0 aliphatic heterocycles. The predicted molar refractivity (Wildman–Crippen MR) is 99.0 cm³/mol. The van der Waals surface area contributed by atoms with E-state index in [-0.39, 0.29) is 6.61 Å². The van der Waals surface area contributed by atoms with Gasteiger partial charge in [-0.1, -0.05) is 36.4 Å². The molecular weight excluding hydrogens is 302 g/mol. The average molecular weight is 329 g/mol. The van der Waals surface area contributed by atoms with Crippen LogP contribution in [0.15, 0.2) is 48.5 Å². The van der Waals surface area contributed by atoms with Gasteiger partial charge in [-0.25, -0.2) is 0 Å². The normalized spacial score (nSPS) is 13.4. The van der Waals surface area contributed by atoms with E-state index in [0.717, 1.165) is 12.8 Å². The highest BCUT2D eigenvalue weighted by molar-refractivity contribution is 5.70. The van der Waals surface area contributed by atoms with Crippen LogP contribution < -0.4 is 21.5 Å². The first-order valence-corrected chi connectivity index (χ1v) is 8.28. The van der Waals surface area contributed by atoms with Crippen molar-refractivity contribution in [2.45, 2.75) is 31.9 Å². The zero-order valence-electron chi connectivity index (χ0n) is 14.1. The molecule has 2 aromatic rings. The Morgan fingerprint density at radius 1 is 1.08 bits per heavy atom. The predicted octanol–water partition coefficient (Wildman–Crippen LogP) is 2.20. The van der Waals surface area contributed by atoms with Crippen molar-refractivity contribution in [1.29, 1.82) is 0 Å². The number of anilines is 2. The van der Waals surface area contributed by atoms with Crippen molar-refractivity contribution in [3.63, 3.8) is 0 Å². The Morgan fingerprint density at radius 3 is 2.58 bits per heavy atom. The van der Waals surface area contributed by atoms with Gasteiger partial charge < -0.3 is 26.6 Å². The van der Waals surface area contributed by atoms with Crippen molar-refractivity contribution in [2.75, 3.05) is 24.6 Å². The lowest BCUT2D eigenvalue weighted by Crippen LogP contribution is -2.36. The van der Waals surface area contributed by atoms with Crippen LogP contribution in [0.25, 0.3) is 0 Å². The molecule has 0 saturated carbocycles. The van der Waals surface area contributed by atoms with E-state index < -0.39 is 6.10 Å². The first-order valence-electron chi connectivity index (χ1n) is 8.28. The van der Waals surface area contributed by atoms with E-state index in [0.29, 0.717) is 29.7 Å². The Morgan fingerprint density at radius 2 is 1.83 bits per heavy atom. The van der Waals surface area contributed by atoms with Crippen molar-refractivity contribution in [2.24, 2.45) is 0 Å². The molecule has 6 N–H and O–H groups in total. The van der Waals surface area contributed by atoms with Gasteiger partial charge in [-0.15, -0.1) is 0 Å². The van der Waals surface area contributed by atoms with Crippen molar-refractivity contribution in [1.82, 2.24) is 5.32 Å². The van der Waals surface area contributed by atoms with Crippen LogP contribution in [-0.4, -0.2) is 30.4 Å². The van der Waals surface area contributed by atoms with Crippen LogP contribution in [-0.2, 0) is 6.42 Å². The molecule has 0 aromatic heterocycles. The van der Waals surface area contributed by atoms with Crippen LogP contribution >= 0.6 is 0 Å². The third-order valence-corrected chi connectivity index (χ3v) is 3.94. The summed E-state index contributed by atoms with van der Waals surface area (Å²) >= 11 is 0. The van der Waals surface area contributed by atoms with E-state index in [4.69, 9.17) is 16.2 Å². The maximum Gasteiger partial charge on any atom is 0.144 e. The lowest BCUT2D eigenvalue weighted by atomic mass is 10.1. The molecule has 5 nitrogen and oxygen atoms in total. The van der Waals surface area contributed by atoms with Crippen LogP contribution in [0.3, 0.4) is 0 Å². The summed E-state index contributed by atoms with van der Waals surface area (Å²) in [6.07, 6.45) is 1.42. The monoisotopic (exact) mass is 329 g/mol. The number of rotatable bonds is 9. The second-order valence-electron chi connectivity index (χ2n) is 6.06. The number of aryl methyl sites for hydroxylation is 1. The van der Waals surface area contributed by atoms with Gasteiger partial charge in [0.25, 0.3) is 0 Å². The van der Waals surface area contributed by atoms with Gasteiger partial charge in [0.15, 0.2) is 0 Å². The quantitative estimate of drug-likeness (QED) is 0.529. The van der Waals surface area contributed by atoms with Crippen LogP contribution in [0.2, 0.25) is 0 Å². The van der Waals surface area contributed by atoms with Gasteiger partial charge in [-0.2, -0.15) is 0 Å². The van der Waals surface area contributed by atoms with Gasteiger partial charge in [-0.3, -0.25) is 0 Å². The third kappa shape index (κ3) is 5.76. The van der Waals surface area contributed by atoms with E-state index >= 15 is 0 Å². The number of hydrogen-bond acceptors (Lipinski definition) is 5. The minimum Gasteiger partial charge on any atom is -0.489 e. The summed E-state index contributed by atoms with van der Waals surface area (Å²) in [5.74, 6) is 0.506. The Hall–Kier alpha value is -2.24. The molecule has 0 aliphatic carbocycles. The zero-order valence-corrected chi connectivity index (χ0v) is 14.1. The van der Waals surface area contributed by atoms with E-state index in [1.807, 2.05) is 6.07 Å². The number of aliphatic hydroxyl groups is 1. The first kappa shape index (κ1) is 18.1. The van der Waals surface area contributed by atoms with Gasteiger partial charge in [-0.05, 0) is 37.5 Å². The highest BCUT2D eigenvalue weighted by atomic mass is 16.5. The topological polar surface area (TPSA) is 93.5 Å². The second kappa shape index (κ2) is 9.15. The summed E-state index contributed by atoms with van der Waals surface area (Å²) in [6.45, 7) is 2.76. The van der Waals surface area contributed by atoms with Crippen LogP contribution in [0.1, 0.15) is 18.9 Å². The molecule has 24 heavy (non-hydrogen) atoms. The van der Waals surface area contributed by atoms with Crippen LogP contribution in [0.5, 0.6) is 5.75 Å². The van der Waals surface area contributed by atoms with Crippen molar-refractivity contribution >= 4 is 11.4 Å². The van der Waals surface area contributed by atoms with Crippen LogP contribution in [0, 0.1) is 0 Å². The fourth-order valence-corrected chi connectivity index (χ4v) is 2.40. The number of hydrogen-bond donors (Lipinski definition) is 4. The number of benzene rings is 2. The summed E-state index contributed by atoms with van der Waals surface area (Å²) in [6, 6.07) is 15.9. The van der Waals surface area contributed by atoms with Gasteiger partial charge in [0.1, 0.15) is 18.5 Å². The Kier molecular flexibility index (Phi) is 6.90. The smallest absolute Gasteiger partial charge is 0.144 e. The summed E-state index contributed by atoms with van der Waals surface area (Å²) < 4.78 is 5.55. The Balaban J connectivity index is 1.67. The highest BCUT2D eigenvalue weighted by Crippen LogP contribution is 2.26. The fraction of sp³-hybridized carbons (Fsp3) is 0.368. The molecule has 0 amide bonds. The van der Waals surface area contributed by atoms with Crippen LogP contribution in [0.4, 0.5) is 11.4 Å². The zero-order chi connectivity index (χ0) is 17.4. The first-order chi connectivity index (χ1) is 11.6. The summed E-state index contributed by atoms with van der Waals surface area (Å²) in [4.78, 5) is 0. The standard InChI is InChI=1S/C19H27N3O2/c1-14(10-11-15-6-3-2-4-7-15)22-12-16(23)13-24-18-9-5-8-17(20)19(18)21/h2-9,14,16,22-23H,10-13,20-21H2,1H3. The average Bonchev–Trinajstić information content (AvgIpc) is 2.60. The van der Waals surface area contributed by atoms with Crippen molar-refractivity contribution < 1.29 is 9.84 Å². The number of ether oxygens (including phenoxy) is 1. The number of para-hydroxylation sites is 1. The molecular formula is C19H27N3O2. The Labute approximate surface area is 143 Å². The molecule has 130 valence electrons. The summed E-state index contributed by atoms with van der Waals surface area (Å²) in [5.41, 5.74) is 13.8. The van der Waals surface area contributed by atoms with E-state index in [1.165, 1.54) is 5.56 Å². The third-order valence-electron chi connectivity index (χ3n) is 3.94. The van der Waals surface area contributed by atoms with Gasteiger partial charge in [0.2, 0.25) is 0 Å². The van der Waals surface area contributed by atoms with E-state index in [1.54, 1.807) is 18.2 Å². The number of nitrogens with one attached hydrogen (secondary N) is 1. The number of nitrogens with two attached hydrogens (primary N) is 2. The molecule has 0 radical (unpaired) electrons. The molecule has 0 aliphatic rings. The molecule has 0 spiro atoms. The van der Waals surface area contributed by atoms with Gasteiger partial charge in [0.05, 0.1) is 11.4 Å². The van der Waals surface area contributed by atoms with Crippen molar-refractivity contribution in [3.05, 3.63) is 54.1 Å². The minimum absolute atomic E-state index is 0.173. The maximum atomic E-state index is 10.0. The van der Waals surface area contributed by atoms with Gasteiger partial charge >= 0.3 is 0 Å².